The Kier molecular flexibility index (Phi) is 8.50. The van der Waals surface area contributed by atoms with Gasteiger partial charge in [-0.15, -0.1) is 0 Å². The number of carbonyl (C=O) groups is 1. The Morgan fingerprint density at radius 1 is 1.12 bits per heavy atom. The maximum atomic E-state index is 14.0. The standard InChI is InChI=1S/C34H44N2O6S/c1-20-13-24-9-8-11-34(6,29(24)14-21(20)2)28-17-30(42-22(28)3)31(37)27-18-36-12-10-23(27)15-26-16-25(19-41-43(35,38)39)32(40-7)33(26,4)5/h10,12-14,17-18,25-26,32H,8-9,11,15-16,19H2,1-7H3,(H2,35,38,39)/t25?,26-,32-,34?/m1/s1. The Morgan fingerprint density at radius 2 is 1.84 bits per heavy atom. The molecule has 0 amide bonds. The van der Waals surface area contributed by atoms with Crippen molar-refractivity contribution in [3.05, 3.63) is 87.1 Å². The minimum Gasteiger partial charge on any atom is -0.458 e. The van der Waals surface area contributed by atoms with Crippen LogP contribution >= 0.6 is 0 Å². The lowest BCUT2D eigenvalue weighted by molar-refractivity contribution is -0.0190. The highest BCUT2D eigenvalue weighted by atomic mass is 32.2. The number of ketones is 1. The number of nitrogens with two attached hydrogens (primary N) is 1. The summed E-state index contributed by atoms with van der Waals surface area (Å²) in [4.78, 5) is 18.3. The van der Waals surface area contributed by atoms with Crippen LogP contribution in [0.15, 0.2) is 41.1 Å². The topological polar surface area (TPSA) is 122 Å². The molecule has 0 radical (unpaired) electrons. The second kappa shape index (κ2) is 11.6. The van der Waals surface area contributed by atoms with Crippen LogP contribution in [0.3, 0.4) is 0 Å². The van der Waals surface area contributed by atoms with E-state index in [1.807, 2.05) is 19.1 Å². The number of furan rings is 1. The van der Waals surface area contributed by atoms with Crippen LogP contribution < -0.4 is 5.14 Å². The Balaban J connectivity index is 1.44. The first-order chi connectivity index (χ1) is 20.2. The second-order valence-corrected chi connectivity index (χ2v) is 14.6. The number of benzene rings is 1. The van der Waals surface area contributed by atoms with Gasteiger partial charge in [-0.1, -0.05) is 32.9 Å². The number of fused-ring (bicyclic) bond motifs is 1. The highest BCUT2D eigenvalue weighted by molar-refractivity contribution is 7.84. The van der Waals surface area contributed by atoms with Crippen molar-refractivity contribution in [2.75, 3.05) is 13.7 Å². The molecular formula is C34H44N2O6S. The Bertz CT molecular complexity index is 1640. The van der Waals surface area contributed by atoms with Crippen molar-refractivity contribution in [1.82, 2.24) is 4.98 Å². The lowest BCUT2D eigenvalue weighted by Gasteiger charge is -2.36. The fourth-order valence-electron chi connectivity index (χ4n) is 7.80. The average Bonchev–Trinajstić information content (AvgIpc) is 3.44. The maximum Gasteiger partial charge on any atom is 0.333 e. The molecule has 232 valence electrons. The SMILES string of the molecule is CO[C@@H]1C(COS(N)(=O)=O)C[C@@H](Cc2ccncc2C(=O)c2cc(C3(C)CCCc4cc(C)c(C)cc43)c(C)o2)C1(C)C. The molecule has 1 saturated carbocycles. The number of aryl methyl sites for hydroxylation is 4. The predicted molar refractivity (Wildman–Crippen MR) is 165 cm³/mol. The van der Waals surface area contributed by atoms with Gasteiger partial charge in [0.15, 0.2) is 5.76 Å². The van der Waals surface area contributed by atoms with Crippen molar-refractivity contribution in [3.8, 4) is 0 Å². The molecule has 2 unspecified atom stereocenters. The quantitative estimate of drug-likeness (QED) is 0.300. The first-order valence-electron chi connectivity index (χ1n) is 15.0. The summed E-state index contributed by atoms with van der Waals surface area (Å²) in [6.45, 7) is 12.7. The van der Waals surface area contributed by atoms with Gasteiger partial charge in [0, 0.05) is 42.0 Å². The molecule has 5 rings (SSSR count). The zero-order valence-corrected chi connectivity index (χ0v) is 27.1. The zero-order chi connectivity index (χ0) is 31.3. The van der Waals surface area contributed by atoms with Crippen LogP contribution in [0.1, 0.15) is 95.3 Å². The second-order valence-electron chi connectivity index (χ2n) is 13.4. The predicted octanol–water partition coefficient (Wildman–Crippen LogP) is 5.91. The first-order valence-corrected chi connectivity index (χ1v) is 16.5. The van der Waals surface area contributed by atoms with E-state index in [-0.39, 0.29) is 41.2 Å². The van der Waals surface area contributed by atoms with Gasteiger partial charge in [0.25, 0.3) is 0 Å². The van der Waals surface area contributed by atoms with Gasteiger partial charge in [0.1, 0.15) is 5.76 Å². The lowest BCUT2D eigenvalue weighted by Crippen LogP contribution is -2.36. The Morgan fingerprint density at radius 3 is 2.53 bits per heavy atom. The van der Waals surface area contributed by atoms with E-state index in [0.717, 1.165) is 36.1 Å². The van der Waals surface area contributed by atoms with E-state index < -0.39 is 10.3 Å². The van der Waals surface area contributed by atoms with E-state index in [9.17, 15) is 13.2 Å². The van der Waals surface area contributed by atoms with Gasteiger partial charge in [-0.25, -0.2) is 5.14 Å². The third-order valence-corrected chi connectivity index (χ3v) is 10.8. The summed E-state index contributed by atoms with van der Waals surface area (Å²) in [5, 5.41) is 5.09. The Labute approximate surface area is 255 Å². The summed E-state index contributed by atoms with van der Waals surface area (Å²) in [5.74, 6) is 0.828. The molecule has 8 nitrogen and oxygen atoms in total. The largest absolute Gasteiger partial charge is 0.458 e. The van der Waals surface area contributed by atoms with E-state index in [0.29, 0.717) is 24.2 Å². The molecule has 2 aliphatic carbocycles. The molecule has 2 aromatic heterocycles. The molecule has 1 aromatic carbocycles. The average molecular weight is 609 g/mol. The summed E-state index contributed by atoms with van der Waals surface area (Å²) in [6, 6.07) is 8.46. The number of pyridine rings is 1. The molecule has 0 aliphatic heterocycles. The minimum atomic E-state index is -4.06. The van der Waals surface area contributed by atoms with E-state index in [1.165, 1.54) is 22.3 Å². The summed E-state index contributed by atoms with van der Waals surface area (Å²) >= 11 is 0. The molecule has 3 aromatic rings. The van der Waals surface area contributed by atoms with Crippen molar-refractivity contribution >= 4 is 16.1 Å². The molecule has 4 atom stereocenters. The summed E-state index contributed by atoms with van der Waals surface area (Å²) in [6.07, 6.45) is 7.48. The lowest BCUT2D eigenvalue weighted by atomic mass is 9.66. The number of rotatable bonds is 9. The number of ether oxygens (including phenoxy) is 1. The van der Waals surface area contributed by atoms with Crippen molar-refractivity contribution in [3.63, 3.8) is 0 Å². The third kappa shape index (κ3) is 5.97. The molecule has 43 heavy (non-hydrogen) atoms. The molecule has 0 saturated heterocycles. The maximum absolute atomic E-state index is 14.0. The van der Waals surface area contributed by atoms with Crippen LogP contribution in [0, 0.1) is 38.0 Å². The van der Waals surface area contributed by atoms with Crippen molar-refractivity contribution < 1.29 is 26.5 Å². The van der Waals surface area contributed by atoms with Gasteiger partial charge in [-0.05, 0) is 104 Å². The fraction of sp³-hybridized carbons (Fsp3) is 0.529. The van der Waals surface area contributed by atoms with Crippen molar-refractivity contribution in [2.24, 2.45) is 22.4 Å². The number of methoxy groups -OCH3 is 1. The summed E-state index contributed by atoms with van der Waals surface area (Å²) in [7, 11) is -2.43. The first kappa shape index (κ1) is 31.6. The molecule has 1 fully saturated rings. The van der Waals surface area contributed by atoms with Crippen LogP contribution in [-0.4, -0.2) is 39.0 Å². The van der Waals surface area contributed by atoms with Gasteiger partial charge in [0.2, 0.25) is 5.78 Å². The van der Waals surface area contributed by atoms with Crippen LogP contribution in [0.5, 0.6) is 0 Å². The molecular weight excluding hydrogens is 564 g/mol. The van der Waals surface area contributed by atoms with Crippen molar-refractivity contribution in [2.45, 2.75) is 85.2 Å². The third-order valence-electron chi connectivity index (χ3n) is 10.3. The van der Waals surface area contributed by atoms with Crippen LogP contribution in [-0.2, 0) is 37.5 Å². The highest BCUT2D eigenvalue weighted by Crippen LogP contribution is 2.50. The minimum absolute atomic E-state index is 0.0468. The van der Waals surface area contributed by atoms with Gasteiger partial charge < -0.3 is 9.15 Å². The number of carbonyl (C=O) groups excluding carboxylic acids is 1. The highest BCUT2D eigenvalue weighted by Gasteiger charge is 2.50. The van der Waals surface area contributed by atoms with E-state index in [4.69, 9.17) is 18.5 Å². The van der Waals surface area contributed by atoms with E-state index in [2.05, 4.69) is 51.7 Å². The molecule has 0 bridgehead atoms. The smallest absolute Gasteiger partial charge is 0.333 e. The van der Waals surface area contributed by atoms with Crippen molar-refractivity contribution in [1.29, 1.82) is 0 Å². The normalized spacial score (nSPS) is 25.1. The zero-order valence-electron chi connectivity index (χ0n) is 26.3. The molecule has 2 heterocycles. The molecule has 9 heteroatoms. The fourth-order valence-corrected chi connectivity index (χ4v) is 8.17. The monoisotopic (exact) mass is 608 g/mol. The summed E-state index contributed by atoms with van der Waals surface area (Å²) in [5.41, 5.74) is 7.17. The van der Waals surface area contributed by atoms with E-state index >= 15 is 0 Å². The number of hydrogen-bond acceptors (Lipinski definition) is 7. The number of aromatic nitrogens is 1. The van der Waals surface area contributed by atoms with Crippen LogP contribution in [0.4, 0.5) is 0 Å². The van der Waals surface area contributed by atoms with Gasteiger partial charge in [0.05, 0.1) is 12.7 Å². The molecule has 2 N–H and O–H groups in total. The summed E-state index contributed by atoms with van der Waals surface area (Å²) < 4.78 is 39.9. The van der Waals surface area contributed by atoms with E-state index in [1.54, 1.807) is 19.5 Å². The van der Waals surface area contributed by atoms with Crippen LogP contribution in [0.2, 0.25) is 0 Å². The Hall–Kier alpha value is -2.85. The number of nitrogens with zero attached hydrogens (tertiary/aromatic N) is 1. The molecule has 0 spiro atoms. The van der Waals surface area contributed by atoms with Gasteiger partial charge >= 0.3 is 10.3 Å². The van der Waals surface area contributed by atoms with Gasteiger partial charge in [-0.2, -0.15) is 8.42 Å². The van der Waals surface area contributed by atoms with Crippen LogP contribution in [0.25, 0.3) is 0 Å². The molecule has 2 aliphatic rings. The van der Waals surface area contributed by atoms with Gasteiger partial charge in [-0.3, -0.25) is 14.0 Å². The number of hydrogen-bond donors (Lipinski definition) is 1.